The molecule has 0 radical (unpaired) electrons. The van der Waals surface area contributed by atoms with Crippen LogP contribution in [0.5, 0.6) is 0 Å². The summed E-state index contributed by atoms with van der Waals surface area (Å²) in [6.07, 6.45) is -3.52. The number of benzene rings is 1. The molecule has 1 aromatic carbocycles. The highest BCUT2D eigenvalue weighted by molar-refractivity contribution is 8.26. The minimum Gasteiger partial charge on any atom is -0.461 e. The number of halogens is 4. The van der Waals surface area contributed by atoms with Crippen molar-refractivity contribution in [3.63, 3.8) is 0 Å². The molecule has 1 unspecified atom stereocenters. The number of hydrogen-bond acceptors (Lipinski definition) is 8. The Kier molecular flexibility index (Phi) is 10.9. The van der Waals surface area contributed by atoms with Crippen LogP contribution >= 0.6 is 35.3 Å². The second-order valence-electron chi connectivity index (χ2n) is 9.18. The van der Waals surface area contributed by atoms with E-state index in [2.05, 4.69) is 5.32 Å². The molecule has 0 spiro atoms. The maximum atomic E-state index is 13.6. The van der Waals surface area contributed by atoms with Crippen molar-refractivity contribution in [2.45, 2.75) is 32.0 Å². The number of alkyl halides is 3. The standard InChI is InChI=1S/C26H27F4N3O4S3/c1-15(13-32(2)3)37-23(35)6-8-31-22(34)7-9-33-24(36)21(40-25(33)38)12-18-10-17(14-39-18)16-4-5-20(27)19(11-16)26(28,29)30/h4-5,10-12,14-15H,6-9,13H2,1-3H3,(H,31,34). The van der Waals surface area contributed by atoms with Gasteiger partial charge in [0, 0.05) is 30.9 Å². The zero-order valence-corrected chi connectivity index (χ0v) is 24.3. The van der Waals surface area contributed by atoms with Crippen LogP contribution in [0.4, 0.5) is 17.6 Å². The molecule has 0 bridgehead atoms. The molecule has 2 heterocycles. The van der Waals surface area contributed by atoms with Crippen molar-refractivity contribution in [1.29, 1.82) is 0 Å². The van der Waals surface area contributed by atoms with Crippen LogP contribution in [0.2, 0.25) is 0 Å². The number of rotatable bonds is 11. The van der Waals surface area contributed by atoms with Crippen LogP contribution in [-0.2, 0) is 25.3 Å². The lowest BCUT2D eigenvalue weighted by Gasteiger charge is -2.17. The molecule has 14 heteroatoms. The molecule has 0 aliphatic carbocycles. The van der Waals surface area contributed by atoms with Gasteiger partial charge in [-0.25, -0.2) is 4.39 Å². The Morgan fingerprint density at radius 1 is 1.20 bits per heavy atom. The van der Waals surface area contributed by atoms with Crippen molar-refractivity contribution in [3.05, 3.63) is 50.8 Å². The summed E-state index contributed by atoms with van der Waals surface area (Å²) in [6.45, 7) is 2.51. The number of nitrogens with one attached hydrogen (secondary N) is 1. The van der Waals surface area contributed by atoms with E-state index in [4.69, 9.17) is 17.0 Å². The molecule has 2 aromatic rings. The zero-order valence-electron chi connectivity index (χ0n) is 21.8. The highest BCUT2D eigenvalue weighted by Crippen LogP contribution is 2.37. The van der Waals surface area contributed by atoms with Crippen molar-refractivity contribution in [2.75, 3.05) is 33.7 Å². The van der Waals surface area contributed by atoms with Crippen molar-refractivity contribution in [3.8, 4) is 11.1 Å². The summed E-state index contributed by atoms with van der Waals surface area (Å²) in [5.41, 5.74) is -0.707. The van der Waals surface area contributed by atoms with E-state index in [1.165, 1.54) is 22.3 Å². The van der Waals surface area contributed by atoms with Gasteiger partial charge < -0.3 is 15.0 Å². The average molecular weight is 618 g/mol. The Morgan fingerprint density at radius 2 is 1.93 bits per heavy atom. The maximum absolute atomic E-state index is 13.6. The Morgan fingerprint density at radius 3 is 2.60 bits per heavy atom. The molecular weight excluding hydrogens is 590 g/mol. The van der Waals surface area contributed by atoms with Crippen molar-refractivity contribution in [2.24, 2.45) is 0 Å². The summed E-state index contributed by atoms with van der Waals surface area (Å²) in [6, 6.07) is 4.38. The fourth-order valence-electron chi connectivity index (χ4n) is 3.76. The van der Waals surface area contributed by atoms with E-state index in [1.54, 1.807) is 24.4 Å². The van der Waals surface area contributed by atoms with Gasteiger partial charge in [0.25, 0.3) is 5.91 Å². The molecule has 1 N–H and O–H groups in total. The van der Waals surface area contributed by atoms with E-state index < -0.39 is 29.4 Å². The summed E-state index contributed by atoms with van der Waals surface area (Å²) >= 11 is 7.55. The molecule has 40 heavy (non-hydrogen) atoms. The monoisotopic (exact) mass is 617 g/mol. The number of carbonyl (C=O) groups is 3. The summed E-state index contributed by atoms with van der Waals surface area (Å²) in [4.78, 5) is 41.1. The Labute approximate surface area is 242 Å². The van der Waals surface area contributed by atoms with Crippen LogP contribution in [0.3, 0.4) is 0 Å². The van der Waals surface area contributed by atoms with E-state index in [-0.39, 0.29) is 47.8 Å². The molecule has 1 aliphatic rings. The van der Waals surface area contributed by atoms with Crippen molar-refractivity contribution >= 4 is 63.5 Å². The lowest BCUT2D eigenvalue weighted by atomic mass is 10.0. The smallest absolute Gasteiger partial charge is 0.419 e. The summed E-state index contributed by atoms with van der Waals surface area (Å²) in [5.74, 6) is -2.52. The predicted molar refractivity (Wildman–Crippen MR) is 151 cm³/mol. The van der Waals surface area contributed by atoms with Gasteiger partial charge in [-0.2, -0.15) is 13.2 Å². The highest BCUT2D eigenvalue weighted by atomic mass is 32.2. The van der Waals surface area contributed by atoms with Gasteiger partial charge in [-0.1, -0.05) is 30.0 Å². The largest absolute Gasteiger partial charge is 0.461 e. The lowest BCUT2D eigenvalue weighted by Crippen LogP contribution is -2.34. The molecule has 0 saturated carbocycles. The molecule has 1 atom stereocenters. The topological polar surface area (TPSA) is 79.0 Å². The van der Waals surface area contributed by atoms with Gasteiger partial charge in [-0.15, -0.1) is 11.3 Å². The molecule has 216 valence electrons. The van der Waals surface area contributed by atoms with Gasteiger partial charge in [-0.3, -0.25) is 19.3 Å². The van der Waals surface area contributed by atoms with Crippen LogP contribution < -0.4 is 5.32 Å². The van der Waals surface area contributed by atoms with E-state index >= 15 is 0 Å². The number of thiocarbonyl (C=S) groups is 1. The summed E-state index contributed by atoms with van der Waals surface area (Å²) in [7, 11) is 3.73. The molecule has 3 rings (SSSR count). The predicted octanol–water partition coefficient (Wildman–Crippen LogP) is 5.16. The summed E-state index contributed by atoms with van der Waals surface area (Å²) in [5, 5.41) is 4.24. The van der Waals surface area contributed by atoms with Gasteiger partial charge in [0.05, 0.1) is 16.9 Å². The molecule has 1 fully saturated rings. The van der Waals surface area contributed by atoms with Crippen LogP contribution in [0.1, 0.15) is 30.2 Å². The summed E-state index contributed by atoms with van der Waals surface area (Å²) < 4.78 is 58.4. The first kappa shape index (κ1) is 31.7. The highest BCUT2D eigenvalue weighted by Gasteiger charge is 2.35. The van der Waals surface area contributed by atoms with Crippen LogP contribution in [0.25, 0.3) is 17.2 Å². The van der Waals surface area contributed by atoms with E-state index in [1.807, 2.05) is 19.0 Å². The number of thiophene rings is 1. The normalized spacial score (nSPS) is 15.7. The maximum Gasteiger partial charge on any atom is 0.419 e. The molecule has 1 saturated heterocycles. The first-order chi connectivity index (χ1) is 18.7. The third kappa shape index (κ3) is 8.85. The zero-order chi connectivity index (χ0) is 29.6. The SMILES string of the molecule is CC(CN(C)C)OC(=O)CCNC(=O)CCN1C(=O)C(=Cc2cc(-c3ccc(F)c(C(F)(F)F)c3)cs2)SC1=S. The quantitative estimate of drug-likeness (QED) is 0.162. The van der Waals surface area contributed by atoms with Crippen molar-refractivity contribution < 1.29 is 36.7 Å². The number of thioether (sulfide) groups is 1. The van der Waals surface area contributed by atoms with Gasteiger partial charge >= 0.3 is 12.1 Å². The van der Waals surface area contributed by atoms with Gasteiger partial charge in [-0.05, 0) is 61.8 Å². The van der Waals surface area contributed by atoms with E-state index in [9.17, 15) is 31.9 Å². The Balaban J connectivity index is 1.53. The third-order valence-electron chi connectivity index (χ3n) is 5.54. The van der Waals surface area contributed by atoms with Crippen LogP contribution in [0.15, 0.2) is 34.6 Å². The second-order valence-corrected chi connectivity index (χ2v) is 11.8. The second kappa shape index (κ2) is 13.7. The van der Waals surface area contributed by atoms with Gasteiger partial charge in [0.2, 0.25) is 5.91 Å². The fourth-order valence-corrected chi connectivity index (χ4v) is 5.99. The number of hydrogen-bond donors (Lipinski definition) is 1. The minimum absolute atomic E-state index is 0.0194. The number of likely N-dealkylation sites (N-methyl/N-ethyl adjacent to an activating group) is 1. The molecule has 1 aromatic heterocycles. The Hall–Kier alpha value is -2.81. The first-order valence-corrected chi connectivity index (χ1v) is 14.2. The van der Waals surface area contributed by atoms with Crippen LogP contribution in [-0.4, -0.2) is 71.7 Å². The number of carbonyl (C=O) groups excluding carboxylic acids is 3. The fraction of sp³-hybridized carbons (Fsp3) is 0.385. The average Bonchev–Trinajstić information content (AvgIpc) is 3.41. The minimum atomic E-state index is -4.82. The van der Waals surface area contributed by atoms with Gasteiger partial charge in [0.15, 0.2) is 0 Å². The number of nitrogens with zero attached hydrogens (tertiary/aromatic N) is 2. The van der Waals surface area contributed by atoms with E-state index in [0.29, 0.717) is 21.9 Å². The Bertz CT molecular complexity index is 1310. The van der Waals surface area contributed by atoms with Crippen molar-refractivity contribution in [1.82, 2.24) is 15.1 Å². The molecule has 2 amide bonds. The lowest BCUT2D eigenvalue weighted by molar-refractivity contribution is -0.148. The number of ether oxygens (including phenoxy) is 1. The van der Waals surface area contributed by atoms with Crippen LogP contribution in [0, 0.1) is 5.82 Å². The van der Waals surface area contributed by atoms with E-state index in [0.717, 1.165) is 23.9 Å². The number of esters is 1. The molecule has 1 aliphatic heterocycles. The van der Waals surface area contributed by atoms with Gasteiger partial charge in [0.1, 0.15) is 16.2 Å². The molecule has 7 nitrogen and oxygen atoms in total. The molecular formula is C26H27F4N3O4S3. The third-order valence-corrected chi connectivity index (χ3v) is 7.80. The number of amides is 2. The first-order valence-electron chi connectivity index (χ1n) is 12.1.